The van der Waals surface area contributed by atoms with Crippen LogP contribution in [0.5, 0.6) is 0 Å². The number of halogens is 1. The lowest BCUT2D eigenvalue weighted by Gasteiger charge is -2.10. The first-order valence-electron chi connectivity index (χ1n) is 9.41. The Kier molecular flexibility index (Phi) is 5.81. The van der Waals surface area contributed by atoms with Crippen molar-refractivity contribution in [1.82, 2.24) is 14.9 Å². The van der Waals surface area contributed by atoms with E-state index in [0.29, 0.717) is 29.5 Å². The van der Waals surface area contributed by atoms with Crippen LogP contribution in [-0.4, -0.2) is 27.9 Å². The molecule has 0 atom stereocenters. The first-order valence-corrected chi connectivity index (χ1v) is 9.79. The lowest BCUT2D eigenvalue weighted by atomic mass is 10.3. The number of hydrogen-bond donors (Lipinski definition) is 2. The molecular formula is C22H19ClN4O3. The number of aromatic nitrogens is 2. The van der Waals surface area contributed by atoms with Gasteiger partial charge in [0.15, 0.2) is 5.76 Å². The minimum atomic E-state index is -0.289. The largest absolute Gasteiger partial charge is 0.459 e. The third-order valence-electron chi connectivity index (χ3n) is 4.54. The number of carbonyl (C=O) groups is 2. The van der Waals surface area contributed by atoms with Crippen LogP contribution < -0.4 is 10.6 Å². The highest BCUT2D eigenvalue weighted by Gasteiger charge is 2.15. The molecule has 8 heteroatoms. The molecule has 7 nitrogen and oxygen atoms in total. The van der Waals surface area contributed by atoms with Crippen LogP contribution in [0.15, 0.2) is 71.3 Å². The van der Waals surface area contributed by atoms with E-state index in [1.807, 2.05) is 28.8 Å². The standard InChI is InChI=1S/C22H19ClN4O3/c23-15-7-9-16(10-8-15)25-21(28)14-27-18-5-2-1-4-17(18)26-20(27)11-12-24-22(29)19-6-3-13-30-19/h1-10,13H,11-12,14H2,(H,24,29)(H,25,28). The van der Waals surface area contributed by atoms with Crippen LogP contribution >= 0.6 is 11.6 Å². The molecular weight excluding hydrogens is 404 g/mol. The molecule has 152 valence electrons. The summed E-state index contributed by atoms with van der Waals surface area (Å²) in [6, 6.07) is 17.8. The molecule has 2 heterocycles. The maximum atomic E-state index is 12.6. The van der Waals surface area contributed by atoms with Crippen molar-refractivity contribution < 1.29 is 14.0 Å². The minimum Gasteiger partial charge on any atom is -0.459 e. The molecule has 0 aliphatic heterocycles. The summed E-state index contributed by atoms with van der Waals surface area (Å²) in [5.74, 6) is 0.498. The Labute approximate surface area is 177 Å². The molecule has 0 spiro atoms. The average Bonchev–Trinajstić information content (AvgIpc) is 3.39. The Bertz CT molecular complexity index is 1170. The number of furan rings is 1. The van der Waals surface area contributed by atoms with Gasteiger partial charge in [-0.2, -0.15) is 0 Å². The number of anilines is 1. The summed E-state index contributed by atoms with van der Waals surface area (Å²) in [5, 5.41) is 6.27. The van der Waals surface area contributed by atoms with Gasteiger partial charge in [0.2, 0.25) is 5.91 Å². The molecule has 0 unspecified atom stereocenters. The summed E-state index contributed by atoms with van der Waals surface area (Å²) in [7, 11) is 0. The number of carbonyl (C=O) groups excluding carboxylic acids is 2. The number of nitrogens with zero attached hydrogens (tertiary/aromatic N) is 2. The first kappa shape index (κ1) is 19.7. The van der Waals surface area contributed by atoms with Gasteiger partial charge in [-0.25, -0.2) is 4.98 Å². The average molecular weight is 423 g/mol. The monoisotopic (exact) mass is 422 g/mol. The number of benzene rings is 2. The molecule has 2 aromatic carbocycles. The lowest BCUT2D eigenvalue weighted by molar-refractivity contribution is -0.116. The molecule has 2 amide bonds. The predicted molar refractivity (Wildman–Crippen MR) is 115 cm³/mol. The van der Waals surface area contributed by atoms with Crippen molar-refractivity contribution in [1.29, 1.82) is 0 Å². The van der Waals surface area contributed by atoms with Gasteiger partial charge in [0.25, 0.3) is 5.91 Å². The predicted octanol–water partition coefficient (Wildman–Crippen LogP) is 3.89. The minimum absolute atomic E-state index is 0.102. The zero-order chi connectivity index (χ0) is 20.9. The van der Waals surface area contributed by atoms with Gasteiger partial charge in [0.1, 0.15) is 12.4 Å². The SMILES string of the molecule is O=C(Cn1c(CCNC(=O)c2ccco2)nc2ccccc21)Nc1ccc(Cl)cc1. The van der Waals surface area contributed by atoms with Crippen molar-refractivity contribution in [3.05, 3.63) is 83.5 Å². The molecule has 2 aromatic heterocycles. The van der Waals surface area contributed by atoms with Crippen molar-refractivity contribution in [3.8, 4) is 0 Å². The summed E-state index contributed by atoms with van der Waals surface area (Å²) in [4.78, 5) is 29.3. The van der Waals surface area contributed by atoms with Crippen molar-refractivity contribution >= 4 is 40.1 Å². The van der Waals surface area contributed by atoms with Gasteiger partial charge in [-0.05, 0) is 48.5 Å². The van der Waals surface area contributed by atoms with E-state index in [-0.39, 0.29) is 24.1 Å². The van der Waals surface area contributed by atoms with Crippen LogP contribution in [0.4, 0.5) is 5.69 Å². The van der Waals surface area contributed by atoms with Gasteiger partial charge >= 0.3 is 0 Å². The Morgan fingerprint density at radius 2 is 1.83 bits per heavy atom. The van der Waals surface area contributed by atoms with E-state index >= 15 is 0 Å². The van der Waals surface area contributed by atoms with E-state index in [1.54, 1.807) is 36.4 Å². The molecule has 2 N–H and O–H groups in total. The van der Waals surface area contributed by atoms with E-state index in [2.05, 4.69) is 15.6 Å². The second-order valence-corrected chi connectivity index (χ2v) is 7.08. The van der Waals surface area contributed by atoms with Crippen molar-refractivity contribution in [2.75, 3.05) is 11.9 Å². The number of imidazole rings is 1. The Hall–Kier alpha value is -3.58. The van der Waals surface area contributed by atoms with Crippen LogP contribution in [0, 0.1) is 0 Å². The maximum absolute atomic E-state index is 12.6. The second-order valence-electron chi connectivity index (χ2n) is 6.64. The molecule has 0 radical (unpaired) electrons. The second kappa shape index (κ2) is 8.84. The number of para-hydroxylation sites is 2. The van der Waals surface area contributed by atoms with Crippen molar-refractivity contribution in [2.24, 2.45) is 0 Å². The van der Waals surface area contributed by atoms with Crippen LogP contribution in [-0.2, 0) is 17.8 Å². The van der Waals surface area contributed by atoms with Crippen LogP contribution in [0.3, 0.4) is 0 Å². The third kappa shape index (κ3) is 4.52. The van der Waals surface area contributed by atoms with Gasteiger partial charge in [0, 0.05) is 23.7 Å². The third-order valence-corrected chi connectivity index (χ3v) is 4.79. The fourth-order valence-electron chi connectivity index (χ4n) is 3.15. The molecule has 0 saturated carbocycles. The highest BCUT2D eigenvalue weighted by Crippen LogP contribution is 2.18. The summed E-state index contributed by atoms with van der Waals surface area (Å²) >= 11 is 5.89. The maximum Gasteiger partial charge on any atom is 0.286 e. The highest BCUT2D eigenvalue weighted by atomic mass is 35.5. The number of amides is 2. The van der Waals surface area contributed by atoms with Gasteiger partial charge < -0.3 is 19.6 Å². The molecule has 0 bridgehead atoms. The van der Waals surface area contributed by atoms with E-state index in [9.17, 15) is 9.59 Å². The first-order chi connectivity index (χ1) is 14.6. The van der Waals surface area contributed by atoms with E-state index in [4.69, 9.17) is 16.0 Å². The number of rotatable bonds is 7. The quantitative estimate of drug-likeness (QED) is 0.472. The van der Waals surface area contributed by atoms with Gasteiger partial charge in [-0.15, -0.1) is 0 Å². The van der Waals surface area contributed by atoms with Crippen molar-refractivity contribution in [3.63, 3.8) is 0 Å². The van der Waals surface area contributed by atoms with E-state index in [0.717, 1.165) is 11.0 Å². The number of hydrogen-bond acceptors (Lipinski definition) is 4. The van der Waals surface area contributed by atoms with Gasteiger partial charge in [-0.1, -0.05) is 23.7 Å². The number of fused-ring (bicyclic) bond motifs is 1. The zero-order valence-electron chi connectivity index (χ0n) is 16.0. The zero-order valence-corrected chi connectivity index (χ0v) is 16.7. The van der Waals surface area contributed by atoms with Crippen LogP contribution in [0.25, 0.3) is 11.0 Å². The molecule has 4 rings (SSSR count). The highest BCUT2D eigenvalue weighted by molar-refractivity contribution is 6.30. The van der Waals surface area contributed by atoms with Crippen LogP contribution in [0.1, 0.15) is 16.4 Å². The summed E-state index contributed by atoms with van der Waals surface area (Å²) in [5.41, 5.74) is 2.32. The van der Waals surface area contributed by atoms with E-state index < -0.39 is 0 Å². The van der Waals surface area contributed by atoms with Crippen molar-refractivity contribution in [2.45, 2.75) is 13.0 Å². The Morgan fingerprint density at radius 3 is 2.60 bits per heavy atom. The lowest BCUT2D eigenvalue weighted by Crippen LogP contribution is -2.27. The molecule has 0 aliphatic carbocycles. The van der Waals surface area contributed by atoms with E-state index in [1.165, 1.54) is 6.26 Å². The normalized spacial score (nSPS) is 10.8. The smallest absolute Gasteiger partial charge is 0.286 e. The molecule has 30 heavy (non-hydrogen) atoms. The fourth-order valence-corrected chi connectivity index (χ4v) is 3.28. The Balaban J connectivity index is 1.47. The topological polar surface area (TPSA) is 89.2 Å². The molecule has 0 saturated heterocycles. The Morgan fingerprint density at radius 1 is 1.03 bits per heavy atom. The molecule has 0 aliphatic rings. The summed E-state index contributed by atoms with van der Waals surface area (Å²) in [6.07, 6.45) is 1.92. The molecule has 0 fully saturated rings. The summed E-state index contributed by atoms with van der Waals surface area (Å²) in [6.45, 7) is 0.465. The van der Waals surface area contributed by atoms with Crippen LogP contribution in [0.2, 0.25) is 5.02 Å². The van der Waals surface area contributed by atoms with Gasteiger partial charge in [-0.3, -0.25) is 9.59 Å². The number of nitrogens with one attached hydrogen (secondary N) is 2. The summed E-state index contributed by atoms with van der Waals surface area (Å²) < 4.78 is 6.95. The fraction of sp³-hybridized carbons (Fsp3) is 0.136. The molecule has 4 aromatic rings. The van der Waals surface area contributed by atoms with Gasteiger partial charge in [0.05, 0.1) is 17.3 Å².